The molecule has 4 rings (SSSR count). The fourth-order valence-electron chi connectivity index (χ4n) is 6.38. The van der Waals surface area contributed by atoms with Crippen LogP contribution in [0.25, 0.3) is 10.8 Å². The molecule has 1 fully saturated rings. The van der Waals surface area contributed by atoms with E-state index in [1.54, 1.807) is 6.07 Å². The Hall–Kier alpha value is -2.19. The van der Waals surface area contributed by atoms with Crippen LogP contribution in [0.3, 0.4) is 0 Å². The summed E-state index contributed by atoms with van der Waals surface area (Å²) in [5.41, 5.74) is 14.5. The molecule has 3 aromatic rings. The summed E-state index contributed by atoms with van der Waals surface area (Å²) in [4.78, 5) is 18.7. The summed E-state index contributed by atoms with van der Waals surface area (Å²) in [7, 11) is 0. The number of nitrogens with one attached hydrogen (secondary N) is 1. The van der Waals surface area contributed by atoms with Crippen molar-refractivity contribution < 1.29 is 4.79 Å². The molecule has 3 atom stereocenters. The third-order valence-corrected chi connectivity index (χ3v) is 9.06. The maximum atomic E-state index is 14.0. The molecule has 0 radical (unpaired) electrons. The number of carbonyl (C=O) groups is 1. The first-order valence-electron chi connectivity index (χ1n) is 15.8. The van der Waals surface area contributed by atoms with Crippen molar-refractivity contribution in [1.29, 1.82) is 0 Å². The van der Waals surface area contributed by atoms with Crippen molar-refractivity contribution in [1.82, 2.24) is 15.1 Å². The lowest BCUT2D eigenvalue weighted by molar-refractivity contribution is -0.138. The predicted molar refractivity (Wildman–Crippen MR) is 182 cm³/mol. The van der Waals surface area contributed by atoms with E-state index in [1.807, 2.05) is 24.3 Å². The van der Waals surface area contributed by atoms with Crippen LogP contribution in [0.4, 0.5) is 0 Å². The van der Waals surface area contributed by atoms with Crippen LogP contribution < -0.4 is 16.8 Å². The van der Waals surface area contributed by atoms with Gasteiger partial charge in [-0.2, -0.15) is 0 Å². The number of hydrogen-bond donors (Lipinski definition) is 3. The van der Waals surface area contributed by atoms with Gasteiger partial charge >= 0.3 is 0 Å². The first-order chi connectivity index (χ1) is 20.7. The summed E-state index contributed by atoms with van der Waals surface area (Å²) in [6.45, 7) is 9.25. The Morgan fingerprint density at radius 1 is 0.977 bits per heavy atom. The van der Waals surface area contributed by atoms with Gasteiger partial charge in [0.1, 0.15) is 0 Å². The minimum atomic E-state index is -0.0769. The van der Waals surface area contributed by atoms with Crippen LogP contribution in [0.2, 0.25) is 10.0 Å². The average molecular weight is 627 g/mol. The Labute approximate surface area is 268 Å². The lowest BCUT2D eigenvalue weighted by atomic mass is 9.93. The normalized spacial score (nSPS) is 18.4. The molecule has 0 bridgehead atoms. The number of nitrogens with zero attached hydrogens (tertiary/aromatic N) is 2. The van der Waals surface area contributed by atoms with E-state index in [0.717, 1.165) is 69.5 Å². The first kappa shape index (κ1) is 33.7. The van der Waals surface area contributed by atoms with Gasteiger partial charge in [0.2, 0.25) is 5.91 Å². The Bertz CT molecular complexity index is 1320. The highest BCUT2D eigenvalue weighted by atomic mass is 35.5. The van der Waals surface area contributed by atoms with Crippen LogP contribution in [0.1, 0.15) is 50.7 Å². The van der Waals surface area contributed by atoms with Gasteiger partial charge in [-0.15, -0.1) is 0 Å². The van der Waals surface area contributed by atoms with E-state index >= 15 is 0 Å². The molecule has 3 unspecified atom stereocenters. The van der Waals surface area contributed by atoms with E-state index in [2.05, 4.69) is 59.3 Å². The number of rotatable bonds is 15. The van der Waals surface area contributed by atoms with E-state index in [0.29, 0.717) is 35.3 Å². The van der Waals surface area contributed by atoms with Crippen molar-refractivity contribution in [3.8, 4) is 0 Å². The second kappa shape index (κ2) is 16.8. The number of carbonyl (C=O) groups excluding carboxylic acids is 1. The quantitative estimate of drug-likeness (QED) is 0.183. The minimum Gasteiger partial charge on any atom is -0.337 e. The summed E-state index contributed by atoms with van der Waals surface area (Å²) in [5, 5.41) is 7.06. The van der Waals surface area contributed by atoms with Crippen LogP contribution in [0.5, 0.6) is 0 Å². The highest BCUT2D eigenvalue weighted by Crippen LogP contribution is 2.27. The zero-order valence-corrected chi connectivity index (χ0v) is 27.3. The first-order valence-corrected chi connectivity index (χ1v) is 16.6. The zero-order valence-electron chi connectivity index (χ0n) is 25.8. The Morgan fingerprint density at radius 2 is 1.77 bits per heavy atom. The highest BCUT2D eigenvalue weighted by molar-refractivity contribution is 6.35. The molecule has 1 aliphatic rings. The fraction of sp³-hybridized carbons (Fsp3) is 0.514. The summed E-state index contributed by atoms with van der Waals surface area (Å²) in [6, 6.07) is 20.7. The SMILES string of the molecule is CC(C)CC1CN(CC(N)Cc2ccc(Cl)cc2Cl)C(CCCCNCCN)CN1C(=O)Cc1ccc2ccccc2c1. The van der Waals surface area contributed by atoms with E-state index in [1.165, 1.54) is 10.8 Å². The molecule has 234 valence electrons. The van der Waals surface area contributed by atoms with Gasteiger partial charge in [0.25, 0.3) is 0 Å². The largest absolute Gasteiger partial charge is 0.337 e. The summed E-state index contributed by atoms with van der Waals surface area (Å²) in [5.74, 6) is 0.696. The van der Waals surface area contributed by atoms with E-state index in [4.69, 9.17) is 34.7 Å². The Kier molecular flexibility index (Phi) is 13.1. The second-order valence-electron chi connectivity index (χ2n) is 12.5. The number of hydrogen-bond acceptors (Lipinski definition) is 5. The monoisotopic (exact) mass is 625 g/mol. The molecule has 0 spiro atoms. The number of benzene rings is 3. The molecular weight excluding hydrogens is 577 g/mol. The number of fused-ring (bicyclic) bond motifs is 1. The molecule has 6 nitrogen and oxygen atoms in total. The van der Waals surface area contributed by atoms with Crippen molar-refractivity contribution in [2.45, 2.75) is 70.5 Å². The van der Waals surface area contributed by atoms with Crippen LogP contribution >= 0.6 is 23.2 Å². The van der Waals surface area contributed by atoms with Crippen LogP contribution in [0, 0.1) is 5.92 Å². The molecule has 8 heteroatoms. The van der Waals surface area contributed by atoms with E-state index < -0.39 is 0 Å². The number of amides is 1. The van der Waals surface area contributed by atoms with Crippen molar-refractivity contribution in [3.63, 3.8) is 0 Å². The van der Waals surface area contributed by atoms with Gasteiger partial charge in [0.05, 0.1) is 6.42 Å². The smallest absolute Gasteiger partial charge is 0.227 e. The lowest BCUT2D eigenvalue weighted by Crippen LogP contribution is -2.62. The average Bonchev–Trinajstić information content (AvgIpc) is 2.97. The van der Waals surface area contributed by atoms with Gasteiger partial charge in [0, 0.05) is 60.9 Å². The molecule has 0 aliphatic carbocycles. The van der Waals surface area contributed by atoms with Crippen LogP contribution in [0.15, 0.2) is 60.7 Å². The van der Waals surface area contributed by atoms with Crippen molar-refractivity contribution in [2.24, 2.45) is 17.4 Å². The van der Waals surface area contributed by atoms with E-state index in [9.17, 15) is 4.79 Å². The second-order valence-corrected chi connectivity index (χ2v) is 13.4. The van der Waals surface area contributed by atoms with Gasteiger partial charge < -0.3 is 21.7 Å². The highest BCUT2D eigenvalue weighted by Gasteiger charge is 2.36. The van der Waals surface area contributed by atoms with Crippen molar-refractivity contribution >= 4 is 39.9 Å². The third-order valence-electron chi connectivity index (χ3n) is 8.47. The van der Waals surface area contributed by atoms with Gasteiger partial charge in [-0.3, -0.25) is 9.69 Å². The topological polar surface area (TPSA) is 87.6 Å². The van der Waals surface area contributed by atoms with Gasteiger partial charge in [-0.05, 0) is 72.2 Å². The standard InChI is InChI=1S/C35H49Cl2N5O/c1-25(2)17-33-23-41(22-31(39)20-29-12-13-30(36)21-34(29)37)32(9-5-6-15-40-16-14-38)24-42(33)35(43)19-26-10-11-27-7-3-4-8-28(27)18-26/h3-4,7-8,10-13,18,21,25,31-33,40H,5-6,9,14-17,19-20,22-24,38-39H2,1-2H3. The molecule has 1 amide bonds. The number of piperazine rings is 1. The minimum absolute atomic E-state index is 0.0769. The molecule has 1 heterocycles. The predicted octanol–water partition coefficient (Wildman–Crippen LogP) is 5.91. The number of halogens is 2. The summed E-state index contributed by atoms with van der Waals surface area (Å²) >= 11 is 12.6. The maximum absolute atomic E-state index is 14.0. The summed E-state index contributed by atoms with van der Waals surface area (Å²) < 4.78 is 0. The fourth-order valence-corrected chi connectivity index (χ4v) is 6.86. The number of unbranched alkanes of at least 4 members (excludes halogenated alkanes) is 1. The summed E-state index contributed by atoms with van der Waals surface area (Å²) in [6.07, 6.45) is 5.25. The Balaban J connectivity index is 1.49. The number of nitrogens with two attached hydrogens (primary N) is 2. The molecule has 5 N–H and O–H groups in total. The van der Waals surface area contributed by atoms with Crippen LogP contribution in [-0.2, 0) is 17.6 Å². The maximum Gasteiger partial charge on any atom is 0.227 e. The molecular formula is C35H49Cl2N5O. The zero-order chi connectivity index (χ0) is 30.8. The van der Waals surface area contributed by atoms with Gasteiger partial charge in [-0.25, -0.2) is 0 Å². The lowest BCUT2D eigenvalue weighted by Gasteiger charge is -2.48. The molecule has 3 aromatic carbocycles. The molecule has 1 saturated heterocycles. The Morgan fingerprint density at radius 3 is 2.51 bits per heavy atom. The van der Waals surface area contributed by atoms with Crippen molar-refractivity contribution in [3.05, 3.63) is 81.8 Å². The third kappa shape index (κ3) is 10.2. The van der Waals surface area contributed by atoms with E-state index in [-0.39, 0.29) is 24.0 Å². The van der Waals surface area contributed by atoms with Crippen LogP contribution in [-0.4, -0.2) is 73.1 Å². The molecule has 43 heavy (non-hydrogen) atoms. The van der Waals surface area contributed by atoms with Crippen molar-refractivity contribution in [2.75, 3.05) is 39.3 Å². The van der Waals surface area contributed by atoms with Gasteiger partial charge in [-0.1, -0.05) is 92.0 Å². The molecule has 0 saturated carbocycles. The molecule has 0 aromatic heterocycles. The van der Waals surface area contributed by atoms with Gasteiger partial charge in [0.15, 0.2) is 0 Å². The molecule has 1 aliphatic heterocycles.